The van der Waals surface area contributed by atoms with Gasteiger partial charge in [0.05, 0.1) is 6.61 Å². The second-order valence-electron chi connectivity index (χ2n) is 6.33. The Hall–Kier alpha value is -1.77. The van der Waals surface area contributed by atoms with Crippen molar-refractivity contribution in [3.05, 3.63) is 35.1 Å². The summed E-state index contributed by atoms with van der Waals surface area (Å²) in [6.07, 6.45) is -8.44. The Morgan fingerprint density at radius 3 is 2.52 bits per heavy atom. The van der Waals surface area contributed by atoms with Crippen molar-refractivity contribution >= 4 is 5.84 Å². The van der Waals surface area contributed by atoms with Crippen LogP contribution in [0.15, 0.2) is 23.2 Å². The number of alkyl halides is 5. The van der Waals surface area contributed by atoms with Gasteiger partial charge in [-0.15, -0.1) is 0 Å². The van der Waals surface area contributed by atoms with Crippen LogP contribution >= 0.6 is 0 Å². The van der Waals surface area contributed by atoms with E-state index in [9.17, 15) is 26.3 Å². The van der Waals surface area contributed by atoms with Crippen LogP contribution in [-0.2, 0) is 16.7 Å². The van der Waals surface area contributed by atoms with Gasteiger partial charge in [-0.25, -0.2) is 13.2 Å². The lowest BCUT2D eigenvalue weighted by atomic mass is 9.90. The number of nitrogens with zero attached hydrogens (tertiary/aromatic N) is 1. The molecule has 0 unspecified atom stereocenters. The van der Waals surface area contributed by atoms with Crippen LogP contribution in [0.4, 0.5) is 26.3 Å². The standard InChI is InChI=1S/C16H18F6N2O/c1-14(9-25-7-13(23)24-14)11-6-10(2-3-12(11)17)4-5-15(18,19)8-16(20,21)22/h2-3,6H,4-5,7-9H2,1H3,(H2,23,24)/t14-/m0/s1. The van der Waals surface area contributed by atoms with Crippen LogP contribution < -0.4 is 5.73 Å². The van der Waals surface area contributed by atoms with Crippen LogP contribution in [0.5, 0.6) is 0 Å². The quantitative estimate of drug-likeness (QED) is 0.800. The van der Waals surface area contributed by atoms with Crippen molar-refractivity contribution < 1.29 is 31.1 Å². The molecule has 0 saturated heterocycles. The van der Waals surface area contributed by atoms with Crippen LogP contribution in [0.25, 0.3) is 0 Å². The highest BCUT2D eigenvalue weighted by Gasteiger charge is 2.43. The van der Waals surface area contributed by atoms with E-state index in [0.717, 1.165) is 6.07 Å². The predicted molar refractivity (Wildman–Crippen MR) is 80.1 cm³/mol. The van der Waals surface area contributed by atoms with Crippen LogP contribution in [0, 0.1) is 5.82 Å². The van der Waals surface area contributed by atoms with E-state index >= 15 is 0 Å². The van der Waals surface area contributed by atoms with Gasteiger partial charge in [0.2, 0.25) is 0 Å². The molecule has 0 amide bonds. The van der Waals surface area contributed by atoms with Crippen LogP contribution in [0.1, 0.15) is 30.9 Å². The zero-order chi connectivity index (χ0) is 18.9. The minimum atomic E-state index is -4.95. The van der Waals surface area contributed by atoms with E-state index < -0.39 is 36.3 Å². The first-order valence-electron chi connectivity index (χ1n) is 7.56. The number of amidine groups is 1. The molecule has 1 aliphatic heterocycles. The molecule has 2 rings (SSSR count). The fourth-order valence-electron chi connectivity index (χ4n) is 2.72. The minimum Gasteiger partial charge on any atom is -0.386 e. The van der Waals surface area contributed by atoms with Crippen LogP contribution in [0.3, 0.4) is 0 Å². The van der Waals surface area contributed by atoms with Gasteiger partial charge in [0.1, 0.15) is 30.2 Å². The zero-order valence-electron chi connectivity index (χ0n) is 13.5. The number of nitrogens with two attached hydrogens (primary N) is 1. The second-order valence-corrected chi connectivity index (χ2v) is 6.33. The molecule has 1 aromatic carbocycles. The third-order valence-electron chi connectivity index (χ3n) is 3.87. The normalized spacial score (nSPS) is 22.0. The molecule has 1 atom stereocenters. The number of halogens is 6. The van der Waals surface area contributed by atoms with Gasteiger partial charge in [-0.1, -0.05) is 12.1 Å². The molecule has 0 fully saturated rings. The van der Waals surface area contributed by atoms with E-state index in [1.54, 1.807) is 6.92 Å². The summed E-state index contributed by atoms with van der Waals surface area (Å²) < 4.78 is 82.7. The number of ether oxygens (including phenoxy) is 1. The summed E-state index contributed by atoms with van der Waals surface area (Å²) in [4.78, 5) is 4.18. The maximum absolute atomic E-state index is 14.2. The van der Waals surface area contributed by atoms with E-state index in [2.05, 4.69) is 4.99 Å². The number of aliphatic imine (C=N–C) groups is 1. The number of benzene rings is 1. The highest BCUT2D eigenvalue weighted by atomic mass is 19.4. The molecule has 2 N–H and O–H groups in total. The third kappa shape index (κ3) is 5.35. The summed E-state index contributed by atoms with van der Waals surface area (Å²) in [6, 6.07) is 3.67. The Bertz CT molecular complexity index is 659. The summed E-state index contributed by atoms with van der Waals surface area (Å²) in [6.45, 7) is 1.75. The Kier molecular flexibility index (Phi) is 5.36. The van der Waals surface area contributed by atoms with Gasteiger partial charge >= 0.3 is 6.18 Å². The molecule has 0 radical (unpaired) electrons. The maximum atomic E-state index is 14.2. The molecular formula is C16H18F6N2O. The average Bonchev–Trinajstić information content (AvgIpc) is 2.43. The first-order valence-corrected chi connectivity index (χ1v) is 7.56. The Morgan fingerprint density at radius 1 is 1.24 bits per heavy atom. The van der Waals surface area contributed by atoms with E-state index in [4.69, 9.17) is 10.5 Å². The van der Waals surface area contributed by atoms with Crippen molar-refractivity contribution in [2.75, 3.05) is 13.2 Å². The Balaban J connectivity index is 2.18. The van der Waals surface area contributed by atoms with Gasteiger partial charge in [0.25, 0.3) is 5.92 Å². The molecule has 9 heteroatoms. The number of aryl methyl sites for hydroxylation is 1. The molecule has 3 nitrogen and oxygen atoms in total. The van der Waals surface area contributed by atoms with Gasteiger partial charge < -0.3 is 10.5 Å². The molecule has 1 aliphatic rings. The number of hydrogen-bond donors (Lipinski definition) is 1. The first kappa shape index (κ1) is 19.6. The molecule has 0 saturated carbocycles. The molecule has 140 valence electrons. The minimum absolute atomic E-state index is 0.0539. The Labute approximate surface area is 140 Å². The number of hydrogen-bond acceptors (Lipinski definition) is 3. The lowest BCUT2D eigenvalue weighted by Gasteiger charge is -2.30. The van der Waals surface area contributed by atoms with Crippen molar-refractivity contribution in [2.45, 2.75) is 43.8 Å². The van der Waals surface area contributed by atoms with Gasteiger partial charge in [0, 0.05) is 12.0 Å². The average molecular weight is 368 g/mol. The van der Waals surface area contributed by atoms with Crippen molar-refractivity contribution in [1.29, 1.82) is 0 Å². The first-order chi connectivity index (χ1) is 11.4. The molecule has 1 heterocycles. The summed E-state index contributed by atoms with van der Waals surface area (Å²) in [5.74, 6) is -4.32. The molecule has 0 bridgehead atoms. The molecular weight excluding hydrogens is 350 g/mol. The molecule has 0 aromatic heterocycles. The second kappa shape index (κ2) is 6.86. The fraction of sp³-hybridized carbons (Fsp3) is 0.562. The lowest BCUT2D eigenvalue weighted by molar-refractivity contribution is -0.189. The van der Waals surface area contributed by atoms with Crippen LogP contribution in [0.2, 0.25) is 0 Å². The predicted octanol–water partition coefficient (Wildman–Crippen LogP) is 3.95. The third-order valence-corrected chi connectivity index (χ3v) is 3.87. The van der Waals surface area contributed by atoms with E-state index in [1.165, 1.54) is 12.1 Å². The molecule has 1 aromatic rings. The highest BCUT2D eigenvalue weighted by Crippen LogP contribution is 2.36. The summed E-state index contributed by atoms with van der Waals surface area (Å²) >= 11 is 0. The van der Waals surface area contributed by atoms with E-state index in [1.807, 2.05) is 0 Å². The highest BCUT2D eigenvalue weighted by molar-refractivity contribution is 5.82. The van der Waals surface area contributed by atoms with Crippen molar-refractivity contribution in [1.82, 2.24) is 0 Å². The van der Waals surface area contributed by atoms with Gasteiger partial charge in [-0.3, -0.25) is 4.99 Å². The summed E-state index contributed by atoms with van der Waals surface area (Å²) in [5.41, 5.74) is 4.89. The van der Waals surface area contributed by atoms with Gasteiger partial charge in [0.15, 0.2) is 0 Å². The van der Waals surface area contributed by atoms with Crippen molar-refractivity contribution in [2.24, 2.45) is 10.7 Å². The summed E-state index contributed by atoms with van der Waals surface area (Å²) in [7, 11) is 0. The van der Waals surface area contributed by atoms with E-state index in [0.29, 0.717) is 5.56 Å². The SMILES string of the molecule is C[C@@]1(c2cc(CCC(F)(F)CC(F)(F)F)ccc2F)COCC(N)=N1. The van der Waals surface area contributed by atoms with Gasteiger partial charge in [-0.2, -0.15) is 13.2 Å². The maximum Gasteiger partial charge on any atom is 0.394 e. The van der Waals surface area contributed by atoms with Crippen LogP contribution in [-0.4, -0.2) is 31.1 Å². The fourth-order valence-corrected chi connectivity index (χ4v) is 2.72. The topological polar surface area (TPSA) is 47.6 Å². The smallest absolute Gasteiger partial charge is 0.386 e. The molecule has 25 heavy (non-hydrogen) atoms. The monoisotopic (exact) mass is 368 g/mol. The zero-order valence-corrected chi connectivity index (χ0v) is 13.5. The van der Waals surface area contributed by atoms with E-state index in [-0.39, 0.29) is 31.0 Å². The largest absolute Gasteiger partial charge is 0.394 e. The van der Waals surface area contributed by atoms with Gasteiger partial charge in [-0.05, 0) is 25.0 Å². The number of rotatable bonds is 5. The van der Waals surface area contributed by atoms with Crippen molar-refractivity contribution in [3.63, 3.8) is 0 Å². The Morgan fingerprint density at radius 2 is 1.92 bits per heavy atom. The lowest BCUT2D eigenvalue weighted by Crippen LogP contribution is -2.38. The molecule has 0 aliphatic carbocycles. The van der Waals surface area contributed by atoms with Crippen molar-refractivity contribution in [3.8, 4) is 0 Å². The molecule has 0 spiro atoms. The summed E-state index contributed by atoms with van der Waals surface area (Å²) in [5, 5.41) is 0.